The van der Waals surface area contributed by atoms with Crippen LogP contribution in [0.2, 0.25) is 0 Å². The molecule has 0 atom stereocenters. The minimum atomic E-state index is 0.379. The predicted octanol–water partition coefficient (Wildman–Crippen LogP) is 3.10. The normalized spacial score (nSPS) is 25.7. The second-order valence-electron chi connectivity index (χ2n) is 5.08. The molecule has 2 heteroatoms. The second-order valence-corrected chi connectivity index (χ2v) is 5.08. The van der Waals surface area contributed by atoms with Crippen LogP contribution in [0.25, 0.3) is 0 Å². The molecule has 0 unspecified atom stereocenters. The molecule has 2 aliphatic carbocycles. The molecular weight excluding hydrogens is 188 g/mol. The zero-order valence-corrected chi connectivity index (χ0v) is 9.54. The molecule has 0 heterocycles. The lowest BCUT2D eigenvalue weighted by Gasteiger charge is -2.26. The van der Waals surface area contributed by atoms with Crippen LogP contribution in [0, 0.1) is 5.92 Å². The highest BCUT2D eigenvalue weighted by atomic mass is 16.5. The fourth-order valence-corrected chi connectivity index (χ4v) is 2.71. The van der Waals surface area contributed by atoms with Crippen LogP contribution in [0.4, 0.5) is 0 Å². The lowest BCUT2D eigenvalue weighted by atomic mass is 9.90. The summed E-state index contributed by atoms with van der Waals surface area (Å²) in [6.45, 7) is 0.943. The van der Waals surface area contributed by atoms with E-state index in [9.17, 15) is 4.79 Å². The van der Waals surface area contributed by atoms with Gasteiger partial charge in [0.15, 0.2) is 0 Å². The molecule has 0 aromatic carbocycles. The van der Waals surface area contributed by atoms with Crippen LogP contribution in [-0.4, -0.2) is 18.5 Å². The van der Waals surface area contributed by atoms with E-state index in [-0.39, 0.29) is 0 Å². The van der Waals surface area contributed by atoms with Crippen LogP contribution in [0.3, 0.4) is 0 Å². The van der Waals surface area contributed by atoms with Gasteiger partial charge in [0.05, 0.1) is 6.10 Å². The maximum absolute atomic E-state index is 11.1. The van der Waals surface area contributed by atoms with Crippen LogP contribution in [-0.2, 0) is 9.53 Å². The minimum Gasteiger partial charge on any atom is -0.378 e. The first-order chi connectivity index (χ1) is 7.34. The molecule has 0 radical (unpaired) electrons. The molecule has 0 aromatic rings. The first-order valence-corrected chi connectivity index (χ1v) is 6.48. The largest absolute Gasteiger partial charge is 0.378 e. The number of carbonyl (C=O) groups excluding carboxylic acids is 1. The van der Waals surface area contributed by atoms with Crippen LogP contribution in [0.1, 0.15) is 57.8 Å². The van der Waals surface area contributed by atoms with Gasteiger partial charge in [-0.1, -0.05) is 19.3 Å². The summed E-state index contributed by atoms with van der Waals surface area (Å²) in [4.78, 5) is 11.1. The molecule has 0 aliphatic heterocycles. The number of hydrogen-bond donors (Lipinski definition) is 0. The van der Waals surface area contributed by atoms with Crippen LogP contribution in [0.5, 0.6) is 0 Å². The Morgan fingerprint density at radius 3 is 2.33 bits per heavy atom. The number of ketones is 1. The smallest absolute Gasteiger partial charge is 0.133 e. The van der Waals surface area contributed by atoms with E-state index in [0.29, 0.717) is 11.9 Å². The van der Waals surface area contributed by atoms with Gasteiger partial charge >= 0.3 is 0 Å². The summed E-state index contributed by atoms with van der Waals surface area (Å²) in [5.41, 5.74) is 0. The highest BCUT2D eigenvalue weighted by Gasteiger charge is 2.21. The molecule has 86 valence electrons. The second kappa shape index (κ2) is 5.64. The Morgan fingerprint density at radius 1 is 1.00 bits per heavy atom. The van der Waals surface area contributed by atoms with Gasteiger partial charge in [-0.15, -0.1) is 0 Å². The lowest BCUT2D eigenvalue weighted by molar-refractivity contribution is -0.123. The summed E-state index contributed by atoms with van der Waals surface area (Å²) in [7, 11) is 0. The summed E-state index contributed by atoms with van der Waals surface area (Å²) in [5.74, 6) is 1.23. The Balaban J connectivity index is 1.62. The highest BCUT2D eigenvalue weighted by molar-refractivity contribution is 5.79. The van der Waals surface area contributed by atoms with E-state index in [1.165, 1.54) is 32.1 Å². The minimum absolute atomic E-state index is 0.379. The zero-order valence-electron chi connectivity index (χ0n) is 9.54. The third-order valence-electron chi connectivity index (χ3n) is 3.78. The van der Waals surface area contributed by atoms with Gasteiger partial charge in [-0.3, -0.25) is 4.79 Å². The van der Waals surface area contributed by atoms with Crippen molar-refractivity contribution >= 4 is 5.78 Å². The Labute approximate surface area is 92.4 Å². The van der Waals surface area contributed by atoms with E-state index < -0.39 is 0 Å². The van der Waals surface area contributed by atoms with Gasteiger partial charge in [0.2, 0.25) is 0 Å². The standard InChI is InChI=1S/C13H22O2/c14-12-6-8-13(9-7-12)15-10-11-4-2-1-3-5-11/h11,13H,1-10H2. The quantitative estimate of drug-likeness (QED) is 0.715. The van der Waals surface area contributed by atoms with Gasteiger partial charge in [-0.05, 0) is 31.6 Å². The van der Waals surface area contributed by atoms with Crippen molar-refractivity contribution in [3.05, 3.63) is 0 Å². The summed E-state index contributed by atoms with van der Waals surface area (Å²) in [5, 5.41) is 0. The summed E-state index contributed by atoms with van der Waals surface area (Å²) in [6.07, 6.45) is 10.7. The maximum atomic E-state index is 11.1. The van der Waals surface area contributed by atoms with Crippen LogP contribution < -0.4 is 0 Å². The molecule has 2 nitrogen and oxygen atoms in total. The van der Waals surface area contributed by atoms with Crippen molar-refractivity contribution in [1.82, 2.24) is 0 Å². The van der Waals surface area contributed by atoms with Crippen molar-refractivity contribution in [2.45, 2.75) is 63.9 Å². The van der Waals surface area contributed by atoms with E-state index >= 15 is 0 Å². The molecule has 2 saturated carbocycles. The average molecular weight is 210 g/mol. The monoisotopic (exact) mass is 210 g/mol. The molecule has 2 fully saturated rings. The molecule has 0 spiro atoms. The molecular formula is C13H22O2. The van der Waals surface area contributed by atoms with Crippen molar-refractivity contribution in [3.63, 3.8) is 0 Å². The Morgan fingerprint density at radius 2 is 1.67 bits per heavy atom. The van der Waals surface area contributed by atoms with E-state index in [1.54, 1.807) is 0 Å². The van der Waals surface area contributed by atoms with Gasteiger partial charge in [0, 0.05) is 19.4 Å². The number of Topliss-reactive ketones (excluding diaryl/α,β-unsaturated/α-hetero) is 1. The fourth-order valence-electron chi connectivity index (χ4n) is 2.71. The van der Waals surface area contributed by atoms with E-state index in [4.69, 9.17) is 4.74 Å². The Bertz CT molecular complexity index is 197. The fraction of sp³-hybridized carbons (Fsp3) is 0.923. The molecule has 0 amide bonds. The third-order valence-corrected chi connectivity index (χ3v) is 3.78. The number of rotatable bonds is 3. The Kier molecular flexibility index (Phi) is 4.18. The molecule has 0 saturated heterocycles. The van der Waals surface area contributed by atoms with Crippen molar-refractivity contribution in [2.75, 3.05) is 6.61 Å². The van der Waals surface area contributed by atoms with E-state index in [0.717, 1.165) is 38.2 Å². The molecule has 15 heavy (non-hydrogen) atoms. The predicted molar refractivity (Wildman–Crippen MR) is 59.8 cm³/mol. The van der Waals surface area contributed by atoms with Gasteiger partial charge < -0.3 is 4.74 Å². The first-order valence-electron chi connectivity index (χ1n) is 6.48. The van der Waals surface area contributed by atoms with Crippen molar-refractivity contribution in [2.24, 2.45) is 5.92 Å². The topological polar surface area (TPSA) is 26.3 Å². The van der Waals surface area contributed by atoms with Gasteiger partial charge in [0.1, 0.15) is 5.78 Å². The number of carbonyl (C=O) groups is 1. The zero-order chi connectivity index (χ0) is 10.5. The van der Waals surface area contributed by atoms with Crippen molar-refractivity contribution in [3.8, 4) is 0 Å². The maximum Gasteiger partial charge on any atom is 0.133 e. The number of hydrogen-bond acceptors (Lipinski definition) is 2. The SMILES string of the molecule is O=C1CCC(OCC2CCCCC2)CC1. The number of ether oxygens (including phenoxy) is 1. The first kappa shape index (κ1) is 11.1. The van der Waals surface area contributed by atoms with Gasteiger partial charge in [-0.25, -0.2) is 0 Å². The highest BCUT2D eigenvalue weighted by Crippen LogP contribution is 2.25. The Hall–Kier alpha value is -0.370. The lowest BCUT2D eigenvalue weighted by Crippen LogP contribution is -2.24. The van der Waals surface area contributed by atoms with E-state index in [1.807, 2.05) is 0 Å². The van der Waals surface area contributed by atoms with Crippen LogP contribution >= 0.6 is 0 Å². The van der Waals surface area contributed by atoms with Crippen molar-refractivity contribution in [1.29, 1.82) is 0 Å². The average Bonchev–Trinajstić information content (AvgIpc) is 2.30. The molecule has 0 N–H and O–H groups in total. The summed E-state index contributed by atoms with van der Waals surface area (Å²) >= 11 is 0. The molecule has 0 aromatic heterocycles. The van der Waals surface area contributed by atoms with Crippen LogP contribution in [0.15, 0.2) is 0 Å². The molecule has 2 aliphatic rings. The summed E-state index contributed by atoms with van der Waals surface area (Å²) in [6, 6.07) is 0. The molecule has 0 bridgehead atoms. The van der Waals surface area contributed by atoms with Gasteiger partial charge in [0.25, 0.3) is 0 Å². The van der Waals surface area contributed by atoms with Gasteiger partial charge in [-0.2, -0.15) is 0 Å². The molecule has 2 rings (SSSR count). The van der Waals surface area contributed by atoms with E-state index in [2.05, 4.69) is 0 Å². The third kappa shape index (κ3) is 3.60. The summed E-state index contributed by atoms with van der Waals surface area (Å²) < 4.78 is 5.92. The van der Waals surface area contributed by atoms with Crippen molar-refractivity contribution < 1.29 is 9.53 Å².